The maximum absolute atomic E-state index is 8.05. The number of nitrogens with one attached hydrogen (secondary N) is 2. The monoisotopic (exact) mass is 286 g/mol. The highest BCUT2D eigenvalue weighted by atomic mass is 16.7. The zero-order valence-corrected chi connectivity index (χ0v) is 13.4. The molecule has 5 heteroatoms. The van der Waals surface area contributed by atoms with Crippen molar-refractivity contribution < 1.29 is 9.31 Å². The Labute approximate surface area is 127 Å². The molecule has 1 saturated heterocycles. The molecule has 1 heterocycles. The molecular weight excluding hydrogens is 263 g/mol. The summed E-state index contributed by atoms with van der Waals surface area (Å²) in [5.41, 5.74) is 1.52. The van der Waals surface area contributed by atoms with Crippen LogP contribution in [0, 0.1) is 5.41 Å². The van der Waals surface area contributed by atoms with E-state index in [9.17, 15) is 0 Å². The van der Waals surface area contributed by atoms with E-state index >= 15 is 0 Å². The van der Waals surface area contributed by atoms with Gasteiger partial charge in [0.1, 0.15) is 0 Å². The largest absolute Gasteiger partial charge is 0.494 e. The Balaban J connectivity index is 2.23. The summed E-state index contributed by atoms with van der Waals surface area (Å²) in [4.78, 5) is 0. The van der Waals surface area contributed by atoms with Crippen LogP contribution >= 0.6 is 0 Å². The fraction of sp³-hybridized carbons (Fsp3) is 0.438. The first kappa shape index (κ1) is 15.8. The fourth-order valence-corrected chi connectivity index (χ4v) is 2.09. The Bertz CT molecular complexity index is 551. The SMILES string of the molecule is CN/C=C\C(=N)c1cccc(B2OC(C)(C)C(C)(C)O2)c1. The van der Waals surface area contributed by atoms with Crippen LogP contribution in [-0.4, -0.2) is 31.1 Å². The summed E-state index contributed by atoms with van der Waals surface area (Å²) < 4.78 is 12.1. The second-order valence-electron chi connectivity index (χ2n) is 6.25. The van der Waals surface area contributed by atoms with E-state index in [0.717, 1.165) is 11.0 Å². The topological polar surface area (TPSA) is 54.3 Å². The highest BCUT2D eigenvalue weighted by molar-refractivity contribution is 6.62. The van der Waals surface area contributed by atoms with E-state index in [1.165, 1.54) is 0 Å². The van der Waals surface area contributed by atoms with E-state index < -0.39 is 7.12 Å². The van der Waals surface area contributed by atoms with Crippen LogP contribution in [0.15, 0.2) is 36.5 Å². The van der Waals surface area contributed by atoms with E-state index in [0.29, 0.717) is 5.71 Å². The Morgan fingerprint density at radius 3 is 2.38 bits per heavy atom. The lowest BCUT2D eigenvalue weighted by Gasteiger charge is -2.32. The number of hydrogen-bond donors (Lipinski definition) is 2. The van der Waals surface area contributed by atoms with Crippen LogP contribution < -0.4 is 10.8 Å². The molecule has 0 saturated carbocycles. The van der Waals surface area contributed by atoms with Gasteiger partial charge in [-0.25, -0.2) is 0 Å². The van der Waals surface area contributed by atoms with Gasteiger partial charge < -0.3 is 20.0 Å². The molecule has 4 nitrogen and oxygen atoms in total. The predicted octanol–water partition coefficient (Wildman–Crippen LogP) is 2.09. The summed E-state index contributed by atoms with van der Waals surface area (Å²) in [6.07, 6.45) is 3.47. The van der Waals surface area contributed by atoms with Crippen molar-refractivity contribution in [1.29, 1.82) is 5.41 Å². The van der Waals surface area contributed by atoms with Crippen molar-refractivity contribution >= 4 is 18.3 Å². The minimum Gasteiger partial charge on any atom is -0.399 e. The molecule has 2 rings (SSSR count). The van der Waals surface area contributed by atoms with Crippen LogP contribution in [0.5, 0.6) is 0 Å². The van der Waals surface area contributed by atoms with Gasteiger partial charge in [-0.1, -0.05) is 24.3 Å². The van der Waals surface area contributed by atoms with Gasteiger partial charge in [0.2, 0.25) is 0 Å². The lowest BCUT2D eigenvalue weighted by Crippen LogP contribution is -2.41. The average Bonchev–Trinajstić information content (AvgIpc) is 2.65. The summed E-state index contributed by atoms with van der Waals surface area (Å²) >= 11 is 0. The summed E-state index contributed by atoms with van der Waals surface area (Å²) in [6, 6.07) is 7.76. The second kappa shape index (κ2) is 5.66. The molecule has 0 aromatic heterocycles. The van der Waals surface area contributed by atoms with Crippen molar-refractivity contribution in [3.8, 4) is 0 Å². The van der Waals surface area contributed by atoms with Gasteiger partial charge in [0.25, 0.3) is 0 Å². The third kappa shape index (κ3) is 3.19. The van der Waals surface area contributed by atoms with Crippen molar-refractivity contribution in [2.45, 2.75) is 38.9 Å². The smallest absolute Gasteiger partial charge is 0.399 e. The molecule has 1 aliphatic heterocycles. The summed E-state index contributed by atoms with van der Waals surface area (Å²) in [5.74, 6) is 0. The van der Waals surface area contributed by atoms with Crippen LogP contribution in [0.4, 0.5) is 0 Å². The summed E-state index contributed by atoms with van der Waals surface area (Å²) in [5, 5.41) is 10.9. The molecular formula is C16H23BN2O2. The normalized spacial score (nSPS) is 20.0. The standard InChI is InChI=1S/C16H23BN2O2/c1-15(2)16(3,4)21-17(20-15)13-8-6-7-12(11-13)14(18)9-10-19-5/h6-11,18-19H,1-5H3/b10-9-,18-14?. The van der Waals surface area contributed by atoms with Crippen molar-refractivity contribution in [1.82, 2.24) is 5.32 Å². The summed E-state index contributed by atoms with van der Waals surface area (Å²) in [6.45, 7) is 8.15. The number of hydrogen-bond acceptors (Lipinski definition) is 4. The first-order valence-corrected chi connectivity index (χ1v) is 7.15. The molecule has 112 valence electrons. The number of allylic oxidation sites excluding steroid dienone is 1. The van der Waals surface area contributed by atoms with Gasteiger partial charge in [-0.3, -0.25) is 0 Å². The molecule has 1 aromatic carbocycles. The second-order valence-corrected chi connectivity index (χ2v) is 6.25. The van der Waals surface area contributed by atoms with Gasteiger partial charge in [0.05, 0.1) is 16.9 Å². The molecule has 0 atom stereocenters. The Morgan fingerprint density at radius 2 is 1.81 bits per heavy atom. The van der Waals surface area contributed by atoms with Crippen molar-refractivity contribution in [3.63, 3.8) is 0 Å². The quantitative estimate of drug-likeness (QED) is 0.658. The van der Waals surface area contributed by atoms with Crippen molar-refractivity contribution in [2.24, 2.45) is 0 Å². The molecule has 0 amide bonds. The highest BCUT2D eigenvalue weighted by Gasteiger charge is 2.51. The minimum absolute atomic E-state index is 0.354. The molecule has 1 aromatic rings. The van der Waals surface area contributed by atoms with Gasteiger partial charge in [-0.15, -0.1) is 0 Å². The van der Waals surface area contributed by atoms with Crippen LogP contribution in [0.3, 0.4) is 0 Å². The van der Waals surface area contributed by atoms with Crippen molar-refractivity contribution in [3.05, 3.63) is 42.1 Å². The predicted molar refractivity (Wildman–Crippen MR) is 87.2 cm³/mol. The molecule has 0 radical (unpaired) electrons. The van der Waals surface area contributed by atoms with E-state index in [1.54, 1.807) is 12.3 Å². The lowest BCUT2D eigenvalue weighted by atomic mass is 9.78. The molecule has 1 aliphatic rings. The van der Waals surface area contributed by atoms with Gasteiger partial charge in [0.15, 0.2) is 0 Å². The third-order valence-corrected chi connectivity index (χ3v) is 4.14. The third-order valence-electron chi connectivity index (χ3n) is 4.14. The van der Waals surface area contributed by atoms with Gasteiger partial charge >= 0.3 is 7.12 Å². The molecule has 0 spiro atoms. The fourth-order valence-electron chi connectivity index (χ4n) is 2.09. The minimum atomic E-state index is -0.393. The first-order valence-electron chi connectivity index (χ1n) is 7.15. The van der Waals surface area contributed by atoms with Crippen LogP contribution in [-0.2, 0) is 9.31 Å². The van der Waals surface area contributed by atoms with Crippen molar-refractivity contribution in [2.75, 3.05) is 7.05 Å². The van der Waals surface area contributed by atoms with Crippen LogP contribution in [0.1, 0.15) is 33.3 Å². The van der Waals surface area contributed by atoms with Gasteiger partial charge in [0, 0.05) is 7.05 Å². The van der Waals surface area contributed by atoms with E-state index in [2.05, 4.69) is 5.32 Å². The van der Waals surface area contributed by atoms with Gasteiger partial charge in [-0.05, 0) is 51.0 Å². The Morgan fingerprint density at radius 1 is 1.19 bits per heavy atom. The van der Waals surface area contributed by atoms with E-state index in [-0.39, 0.29) is 11.2 Å². The number of rotatable bonds is 4. The lowest BCUT2D eigenvalue weighted by molar-refractivity contribution is 0.00578. The number of benzene rings is 1. The molecule has 0 bridgehead atoms. The zero-order chi connectivity index (χ0) is 15.7. The zero-order valence-electron chi connectivity index (χ0n) is 13.4. The van der Waals surface area contributed by atoms with E-state index in [1.807, 2.05) is 59.0 Å². The van der Waals surface area contributed by atoms with Crippen LogP contribution in [0.2, 0.25) is 0 Å². The molecule has 0 aliphatic carbocycles. The highest BCUT2D eigenvalue weighted by Crippen LogP contribution is 2.36. The Kier molecular flexibility index (Phi) is 4.26. The maximum atomic E-state index is 8.05. The molecule has 0 unspecified atom stereocenters. The Hall–Kier alpha value is -1.59. The molecule has 21 heavy (non-hydrogen) atoms. The average molecular weight is 286 g/mol. The van der Waals surface area contributed by atoms with Gasteiger partial charge in [-0.2, -0.15) is 0 Å². The summed E-state index contributed by atoms with van der Waals surface area (Å²) in [7, 11) is 1.42. The van der Waals surface area contributed by atoms with Crippen LogP contribution in [0.25, 0.3) is 0 Å². The molecule has 1 fully saturated rings. The maximum Gasteiger partial charge on any atom is 0.494 e. The van der Waals surface area contributed by atoms with E-state index in [4.69, 9.17) is 14.7 Å². The molecule has 2 N–H and O–H groups in total. The first-order chi connectivity index (χ1) is 9.77.